The number of rotatable bonds is 4. The molecule has 0 amide bonds. The summed E-state index contributed by atoms with van der Waals surface area (Å²) in [5.41, 5.74) is 1.48. The van der Waals surface area contributed by atoms with Crippen LogP contribution in [0.25, 0.3) is 0 Å². The lowest BCUT2D eigenvalue weighted by atomic mass is 10.1. The molecule has 0 saturated heterocycles. The number of thiocarbonyl (C=S) groups is 1. The number of carboxylic acids is 1. The third-order valence-electron chi connectivity index (χ3n) is 2.69. The van der Waals surface area contributed by atoms with Crippen molar-refractivity contribution < 1.29 is 9.90 Å². The fourth-order valence-corrected chi connectivity index (χ4v) is 1.99. The number of carbonyl (C=O) groups is 1. The Hall–Kier alpha value is -2.20. The average molecular weight is 271 g/mol. The predicted molar refractivity (Wildman–Crippen MR) is 78.1 cm³/mol. The van der Waals surface area contributed by atoms with Gasteiger partial charge in [-0.1, -0.05) is 72.9 Å². The molecular formula is C15H13NO2S. The second-order valence-electron chi connectivity index (χ2n) is 4.02. The quantitative estimate of drug-likeness (QED) is 0.840. The van der Waals surface area contributed by atoms with Crippen molar-refractivity contribution >= 4 is 23.2 Å². The maximum atomic E-state index is 11.3. The smallest absolute Gasteiger partial charge is 0.330 e. The normalized spacial score (nSPS) is 11.6. The third-order valence-corrected chi connectivity index (χ3v) is 3.04. The third kappa shape index (κ3) is 3.39. The van der Waals surface area contributed by atoms with Crippen molar-refractivity contribution in [3.05, 3.63) is 71.8 Å². The van der Waals surface area contributed by atoms with Gasteiger partial charge in [-0.15, -0.1) is 0 Å². The molecule has 19 heavy (non-hydrogen) atoms. The molecule has 0 fully saturated rings. The molecule has 0 bridgehead atoms. The number of hydrogen-bond donors (Lipinski definition) is 2. The van der Waals surface area contributed by atoms with Gasteiger partial charge in [-0.2, -0.15) is 0 Å². The standard InChI is InChI=1S/C15H13NO2S/c17-15(18)13(11-7-3-1-4-8-11)16-14(19)12-9-5-2-6-10-12/h1-10,13H,(H,16,19)(H,17,18)/t13-/m1/s1. The Balaban J connectivity index is 2.19. The van der Waals surface area contributed by atoms with E-state index >= 15 is 0 Å². The molecule has 0 radical (unpaired) electrons. The molecule has 0 aliphatic rings. The van der Waals surface area contributed by atoms with E-state index in [2.05, 4.69) is 5.32 Å². The van der Waals surface area contributed by atoms with Gasteiger partial charge < -0.3 is 10.4 Å². The molecule has 2 aromatic carbocycles. The first-order chi connectivity index (χ1) is 9.18. The van der Waals surface area contributed by atoms with E-state index in [0.717, 1.165) is 5.56 Å². The van der Waals surface area contributed by atoms with Gasteiger partial charge in [0.15, 0.2) is 6.04 Å². The van der Waals surface area contributed by atoms with E-state index in [9.17, 15) is 9.90 Å². The highest BCUT2D eigenvalue weighted by Crippen LogP contribution is 2.14. The number of hydrogen-bond acceptors (Lipinski definition) is 2. The molecule has 0 spiro atoms. The van der Waals surface area contributed by atoms with Gasteiger partial charge in [0.2, 0.25) is 0 Å². The fourth-order valence-electron chi connectivity index (χ4n) is 1.74. The van der Waals surface area contributed by atoms with Crippen LogP contribution in [-0.4, -0.2) is 16.1 Å². The molecular weight excluding hydrogens is 258 g/mol. The maximum absolute atomic E-state index is 11.3. The molecule has 0 aromatic heterocycles. The minimum absolute atomic E-state index is 0.428. The predicted octanol–water partition coefficient (Wildman–Crippen LogP) is 2.78. The summed E-state index contributed by atoms with van der Waals surface area (Å²) in [5.74, 6) is -0.954. The Morgan fingerprint density at radius 2 is 1.53 bits per heavy atom. The summed E-state index contributed by atoms with van der Waals surface area (Å²) in [6.07, 6.45) is 0. The van der Waals surface area contributed by atoms with Gasteiger partial charge >= 0.3 is 5.97 Å². The SMILES string of the molecule is O=C(O)[C@H](NC(=S)c1ccccc1)c1ccccc1. The molecule has 0 saturated carbocycles. The first-order valence-electron chi connectivity index (χ1n) is 5.82. The van der Waals surface area contributed by atoms with Gasteiger partial charge in [-0.3, -0.25) is 0 Å². The van der Waals surface area contributed by atoms with E-state index in [-0.39, 0.29) is 0 Å². The largest absolute Gasteiger partial charge is 0.479 e. The molecule has 4 heteroatoms. The van der Waals surface area contributed by atoms with Crippen molar-refractivity contribution in [2.75, 3.05) is 0 Å². The van der Waals surface area contributed by atoms with Crippen molar-refractivity contribution in [3.8, 4) is 0 Å². The van der Waals surface area contributed by atoms with E-state index in [4.69, 9.17) is 12.2 Å². The molecule has 3 nitrogen and oxygen atoms in total. The Morgan fingerprint density at radius 1 is 1.00 bits per heavy atom. The van der Waals surface area contributed by atoms with Gasteiger partial charge in [0.05, 0.1) is 0 Å². The molecule has 1 atom stereocenters. The summed E-state index contributed by atoms with van der Waals surface area (Å²) in [6.45, 7) is 0. The van der Waals surface area contributed by atoms with Crippen LogP contribution in [0.15, 0.2) is 60.7 Å². The molecule has 0 aliphatic heterocycles. The maximum Gasteiger partial charge on any atom is 0.330 e. The second-order valence-corrected chi connectivity index (χ2v) is 4.43. The molecule has 2 aromatic rings. The van der Waals surface area contributed by atoms with Crippen LogP contribution in [0.4, 0.5) is 0 Å². The van der Waals surface area contributed by atoms with Crippen LogP contribution in [0.1, 0.15) is 17.2 Å². The Morgan fingerprint density at radius 3 is 2.05 bits per heavy atom. The minimum Gasteiger partial charge on any atom is -0.479 e. The monoisotopic (exact) mass is 271 g/mol. The van der Waals surface area contributed by atoms with Crippen LogP contribution in [0.3, 0.4) is 0 Å². The topological polar surface area (TPSA) is 49.3 Å². The Kier molecular flexibility index (Phi) is 4.26. The van der Waals surface area contributed by atoms with Gasteiger partial charge in [0, 0.05) is 5.56 Å². The van der Waals surface area contributed by atoms with Crippen molar-refractivity contribution in [3.63, 3.8) is 0 Å². The van der Waals surface area contributed by atoms with Crippen LogP contribution in [0.5, 0.6) is 0 Å². The molecule has 0 aliphatic carbocycles. The van der Waals surface area contributed by atoms with Crippen molar-refractivity contribution in [2.24, 2.45) is 0 Å². The summed E-state index contributed by atoms with van der Waals surface area (Å²) in [5, 5.41) is 12.2. The van der Waals surface area contributed by atoms with Gasteiger partial charge in [0.25, 0.3) is 0 Å². The van der Waals surface area contributed by atoms with Crippen LogP contribution in [0, 0.1) is 0 Å². The summed E-state index contributed by atoms with van der Waals surface area (Å²) in [4.78, 5) is 11.8. The first kappa shape index (κ1) is 13.2. The number of aliphatic carboxylic acids is 1. The second kappa shape index (κ2) is 6.11. The fraction of sp³-hybridized carbons (Fsp3) is 0.0667. The molecule has 0 unspecified atom stereocenters. The van der Waals surface area contributed by atoms with Gasteiger partial charge in [0.1, 0.15) is 4.99 Å². The summed E-state index contributed by atoms with van der Waals surface area (Å²) >= 11 is 5.24. The van der Waals surface area contributed by atoms with Crippen molar-refractivity contribution in [2.45, 2.75) is 6.04 Å². The highest BCUT2D eigenvalue weighted by atomic mass is 32.1. The van der Waals surface area contributed by atoms with E-state index in [1.807, 2.05) is 36.4 Å². The molecule has 2 rings (SSSR count). The lowest BCUT2D eigenvalue weighted by molar-refractivity contribution is -0.139. The molecule has 2 N–H and O–H groups in total. The summed E-state index contributed by atoms with van der Waals surface area (Å²) in [6, 6.07) is 17.4. The van der Waals surface area contributed by atoms with E-state index in [1.165, 1.54) is 0 Å². The lowest BCUT2D eigenvalue weighted by Gasteiger charge is -2.16. The zero-order chi connectivity index (χ0) is 13.7. The Bertz CT molecular complexity index is 569. The van der Waals surface area contributed by atoms with Crippen LogP contribution >= 0.6 is 12.2 Å². The van der Waals surface area contributed by atoms with E-state index in [0.29, 0.717) is 10.6 Å². The van der Waals surface area contributed by atoms with Crippen LogP contribution in [0.2, 0.25) is 0 Å². The van der Waals surface area contributed by atoms with E-state index < -0.39 is 12.0 Å². The van der Waals surface area contributed by atoms with Crippen molar-refractivity contribution in [1.29, 1.82) is 0 Å². The van der Waals surface area contributed by atoms with Gasteiger partial charge in [-0.25, -0.2) is 4.79 Å². The lowest BCUT2D eigenvalue weighted by Crippen LogP contribution is -2.33. The summed E-state index contributed by atoms with van der Waals surface area (Å²) in [7, 11) is 0. The zero-order valence-electron chi connectivity index (χ0n) is 10.1. The number of nitrogens with one attached hydrogen (secondary N) is 1. The molecule has 96 valence electrons. The van der Waals surface area contributed by atoms with E-state index in [1.54, 1.807) is 24.3 Å². The highest BCUT2D eigenvalue weighted by molar-refractivity contribution is 7.80. The summed E-state index contributed by atoms with van der Waals surface area (Å²) < 4.78 is 0. The Labute approximate surface area is 116 Å². The zero-order valence-corrected chi connectivity index (χ0v) is 10.9. The van der Waals surface area contributed by atoms with Crippen LogP contribution < -0.4 is 5.32 Å². The highest BCUT2D eigenvalue weighted by Gasteiger charge is 2.20. The first-order valence-corrected chi connectivity index (χ1v) is 6.23. The van der Waals surface area contributed by atoms with Crippen LogP contribution in [-0.2, 0) is 4.79 Å². The minimum atomic E-state index is -0.954. The van der Waals surface area contributed by atoms with Gasteiger partial charge in [-0.05, 0) is 5.56 Å². The number of carboxylic acid groups (broad SMARTS) is 1. The number of benzene rings is 2. The van der Waals surface area contributed by atoms with Crippen molar-refractivity contribution in [1.82, 2.24) is 5.32 Å². The average Bonchev–Trinajstić information content (AvgIpc) is 2.46. The molecule has 0 heterocycles.